The number of amides is 2. The van der Waals surface area contributed by atoms with E-state index in [-0.39, 0.29) is 17.9 Å². The quantitative estimate of drug-likeness (QED) is 0.801. The van der Waals surface area contributed by atoms with Crippen molar-refractivity contribution < 1.29 is 9.18 Å². The second-order valence-corrected chi connectivity index (χ2v) is 3.77. The van der Waals surface area contributed by atoms with E-state index in [1.807, 2.05) is 7.05 Å². The number of nitrogens with one attached hydrogen (secondary N) is 2. The highest BCUT2D eigenvalue weighted by molar-refractivity contribution is 5.94. The SMILES string of the molecule is CNCC1CN(c2ccccc2F)C(=O)N1. The number of para-hydroxylation sites is 1. The Morgan fingerprint density at radius 3 is 3.00 bits per heavy atom. The van der Waals surface area contributed by atoms with Gasteiger partial charge in [0.25, 0.3) is 0 Å². The highest BCUT2D eigenvalue weighted by atomic mass is 19.1. The molecule has 86 valence electrons. The number of carbonyl (C=O) groups is 1. The van der Waals surface area contributed by atoms with Gasteiger partial charge in [-0.05, 0) is 19.2 Å². The largest absolute Gasteiger partial charge is 0.332 e. The number of anilines is 1. The highest BCUT2D eigenvalue weighted by Crippen LogP contribution is 2.21. The first-order valence-electron chi connectivity index (χ1n) is 5.19. The first-order chi connectivity index (χ1) is 7.72. The summed E-state index contributed by atoms with van der Waals surface area (Å²) in [5, 5.41) is 5.77. The van der Waals surface area contributed by atoms with Crippen LogP contribution >= 0.6 is 0 Å². The Balaban J connectivity index is 2.17. The number of hydrogen-bond donors (Lipinski definition) is 2. The van der Waals surface area contributed by atoms with E-state index in [9.17, 15) is 9.18 Å². The van der Waals surface area contributed by atoms with Gasteiger partial charge in [-0.15, -0.1) is 0 Å². The van der Waals surface area contributed by atoms with Gasteiger partial charge in [0.2, 0.25) is 0 Å². The number of urea groups is 1. The van der Waals surface area contributed by atoms with Gasteiger partial charge in [0.1, 0.15) is 5.82 Å². The molecule has 0 saturated carbocycles. The maximum Gasteiger partial charge on any atom is 0.322 e. The van der Waals surface area contributed by atoms with Crippen LogP contribution in [0.1, 0.15) is 0 Å². The average Bonchev–Trinajstić information content (AvgIpc) is 2.61. The van der Waals surface area contributed by atoms with Gasteiger partial charge in [-0.3, -0.25) is 4.90 Å². The summed E-state index contributed by atoms with van der Waals surface area (Å²) in [6.07, 6.45) is 0. The molecule has 1 heterocycles. The van der Waals surface area contributed by atoms with Crippen molar-refractivity contribution in [2.45, 2.75) is 6.04 Å². The van der Waals surface area contributed by atoms with Crippen molar-refractivity contribution >= 4 is 11.7 Å². The number of carbonyl (C=O) groups excluding carboxylic acids is 1. The molecule has 1 fully saturated rings. The minimum Gasteiger partial charge on any atom is -0.332 e. The van der Waals surface area contributed by atoms with E-state index >= 15 is 0 Å². The molecule has 1 aliphatic rings. The summed E-state index contributed by atoms with van der Waals surface area (Å²) in [6, 6.07) is 6.07. The van der Waals surface area contributed by atoms with Crippen molar-refractivity contribution in [2.75, 3.05) is 25.0 Å². The summed E-state index contributed by atoms with van der Waals surface area (Å²) in [5.74, 6) is -0.372. The molecule has 16 heavy (non-hydrogen) atoms. The fourth-order valence-corrected chi connectivity index (χ4v) is 1.84. The number of rotatable bonds is 3. The lowest BCUT2D eigenvalue weighted by atomic mass is 10.2. The fraction of sp³-hybridized carbons (Fsp3) is 0.364. The second-order valence-electron chi connectivity index (χ2n) is 3.77. The molecule has 1 aliphatic heterocycles. The number of nitrogens with zero attached hydrogens (tertiary/aromatic N) is 1. The third kappa shape index (κ3) is 1.99. The lowest BCUT2D eigenvalue weighted by Gasteiger charge is -2.15. The van der Waals surface area contributed by atoms with Crippen LogP contribution in [-0.4, -0.2) is 32.2 Å². The molecular formula is C11H14FN3O. The number of halogens is 1. The number of hydrogen-bond acceptors (Lipinski definition) is 2. The molecular weight excluding hydrogens is 209 g/mol. The van der Waals surface area contributed by atoms with E-state index in [0.717, 1.165) is 0 Å². The van der Waals surface area contributed by atoms with Gasteiger partial charge < -0.3 is 10.6 Å². The molecule has 1 aromatic carbocycles. The lowest BCUT2D eigenvalue weighted by Crippen LogP contribution is -2.35. The van der Waals surface area contributed by atoms with Gasteiger partial charge in [-0.2, -0.15) is 0 Å². The molecule has 5 heteroatoms. The fourth-order valence-electron chi connectivity index (χ4n) is 1.84. The van der Waals surface area contributed by atoms with E-state index in [1.165, 1.54) is 11.0 Å². The van der Waals surface area contributed by atoms with Crippen molar-refractivity contribution in [1.29, 1.82) is 0 Å². The van der Waals surface area contributed by atoms with E-state index in [1.54, 1.807) is 18.2 Å². The monoisotopic (exact) mass is 223 g/mol. The van der Waals surface area contributed by atoms with Gasteiger partial charge in [0, 0.05) is 13.1 Å². The summed E-state index contributed by atoms with van der Waals surface area (Å²) < 4.78 is 13.5. The standard InChI is InChI=1S/C11H14FN3O/c1-13-6-8-7-15(11(16)14-8)10-5-3-2-4-9(10)12/h2-5,8,13H,6-7H2,1H3,(H,14,16). The Hall–Kier alpha value is -1.62. The Labute approximate surface area is 93.4 Å². The van der Waals surface area contributed by atoms with Gasteiger partial charge in [0.15, 0.2) is 0 Å². The van der Waals surface area contributed by atoms with E-state index in [2.05, 4.69) is 10.6 Å². The number of likely N-dealkylation sites (N-methyl/N-ethyl adjacent to an activating group) is 1. The van der Waals surface area contributed by atoms with Crippen LogP contribution in [0, 0.1) is 5.82 Å². The molecule has 2 amide bonds. The normalized spacial score (nSPS) is 20.0. The minimum absolute atomic E-state index is 0.0251. The van der Waals surface area contributed by atoms with Crippen LogP contribution in [0.2, 0.25) is 0 Å². The van der Waals surface area contributed by atoms with Crippen LogP contribution in [0.3, 0.4) is 0 Å². The molecule has 2 rings (SSSR count). The van der Waals surface area contributed by atoms with Crippen molar-refractivity contribution in [3.63, 3.8) is 0 Å². The first kappa shape index (κ1) is 10.9. The van der Waals surface area contributed by atoms with Crippen LogP contribution in [-0.2, 0) is 0 Å². The summed E-state index contributed by atoms with van der Waals surface area (Å²) in [4.78, 5) is 13.1. The Morgan fingerprint density at radius 1 is 1.56 bits per heavy atom. The van der Waals surface area contributed by atoms with E-state index in [4.69, 9.17) is 0 Å². The van der Waals surface area contributed by atoms with Gasteiger partial charge in [-0.25, -0.2) is 9.18 Å². The van der Waals surface area contributed by atoms with Crippen molar-refractivity contribution in [1.82, 2.24) is 10.6 Å². The van der Waals surface area contributed by atoms with Crippen LogP contribution in [0.15, 0.2) is 24.3 Å². The second kappa shape index (κ2) is 4.49. The molecule has 2 N–H and O–H groups in total. The Kier molecular flexibility index (Phi) is 3.05. The molecule has 4 nitrogen and oxygen atoms in total. The molecule has 1 atom stereocenters. The topological polar surface area (TPSA) is 44.4 Å². The molecule has 0 aliphatic carbocycles. The third-order valence-electron chi connectivity index (χ3n) is 2.57. The zero-order chi connectivity index (χ0) is 11.5. The zero-order valence-electron chi connectivity index (χ0n) is 9.03. The molecule has 1 unspecified atom stereocenters. The predicted octanol–water partition coefficient (Wildman–Crippen LogP) is 0.943. The average molecular weight is 223 g/mol. The van der Waals surface area contributed by atoms with E-state index < -0.39 is 0 Å². The van der Waals surface area contributed by atoms with Crippen LogP contribution in [0.5, 0.6) is 0 Å². The van der Waals surface area contributed by atoms with Gasteiger partial charge in [-0.1, -0.05) is 12.1 Å². The highest BCUT2D eigenvalue weighted by Gasteiger charge is 2.30. The van der Waals surface area contributed by atoms with Crippen LogP contribution in [0.25, 0.3) is 0 Å². The van der Waals surface area contributed by atoms with E-state index in [0.29, 0.717) is 18.8 Å². The summed E-state index contributed by atoms with van der Waals surface area (Å²) in [5.41, 5.74) is 0.332. The van der Waals surface area contributed by atoms with Crippen molar-refractivity contribution in [3.05, 3.63) is 30.1 Å². The molecule has 1 saturated heterocycles. The lowest BCUT2D eigenvalue weighted by molar-refractivity contribution is 0.250. The first-order valence-corrected chi connectivity index (χ1v) is 5.19. The summed E-state index contributed by atoms with van der Waals surface area (Å²) in [6.45, 7) is 1.16. The molecule has 1 aromatic rings. The number of benzene rings is 1. The van der Waals surface area contributed by atoms with Gasteiger partial charge >= 0.3 is 6.03 Å². The molecule has 0 bridgehead atoms. The van der Waals surface area contributed by atoms with Crippen LogP contribution < -0.4 is 15.5 Å². The van der Waals surface area contributed by atoms with Crippen molar-refractivity contribution in [3.8, 4) is 0 Å². The maximum absolute atomic E-state index is 13.5. The van der Waals surface area contributed by atoms with Crippen molar-refractivity contribution in [2.24, 2.45) is 0 Å². The molecule has 0 radical (unpaired) electrons. The summed E-state index contributed by atoms with van der Waals surface area (Å²) in [7, 11) is 1.82. The maximum atomic E-state index is 13.5. The van der Waals surface area contributed by atoms with Crippen LogP contribution in [0.4, 0.5) is 14.9 Å². The Morgan fingerprint density at radius 2 is 2.31 bits per heavy atom. The van der Waals surface area contributed by atoms with Gasteiger partial charge in [0.05, 0.1) is 11.7 Å². The Bertz CT molecular complexity index is 397. The third-order valence-corrected chi connectivity index (χ3v) is 2.57. The molecule has 0 spiro atoms. The minimum atomic E-state index is -0.372. The smallest absolute Gasteiger partial charge is 0.322 e. The molecule has 0 aromatic heterocycles. The predicted molar refractivity (Wildman–Crippen MR) is 60.0 cm³/mol. The zero-order valence-corrected chi connectivity index (χ0v) is 9.03. The summed E-state index contributed by atoms with van der Waals surface area (Å²) >= 11 is 0.